The van der Waals surface area contributed by atoms with Gasteiger partial charge in [0.1, 0.15) is 11.6 Å². The third-order valence-corrected chi connectivity index (χ3v) is 3.55. The van der Waals surface area contributed by atoms with Crippen molar-refractivity contribution in [3.63, 3.8) is 0 Å². The molecule has 0 amide bonds. The lowest BCUT2D eigenvalue weighted by molar-refractivity contribution is 0.584. The zero-order chi connectivity index (χ0) is 14.0. The van der Waals surface area contributed by atoms with Gasteiger partial charge in [0.15, 0.2) is 0 Å². The molecule has 0 spiro atoms. The van der Waals surface area contributed by atoms with Crippen LogP contribution in [0.5, 0.6) is 0 Å². The van der Waals surface area contributed by atoms with Crippen LogP contribution in [0.2, 0.25) is 5.02 Å². The molecule has 2 aromatic rings. The molecular weight excluding hydrogens is 336 g/mol. The third kappa shape index (κ3) is 3.45. The first-order chi connectivity index (χ1) is 8.97. The van der Waals surface area contributed by atoms with Gasteiger partial charge in [-0.3, -0.25) is 0 Å². The zero-order valence-electron chi connectivity index (χ0n) is 10.1. The lowest BCUT2D eigenvalue weighted by Crippen LogP contribution is -2.08. The summed E-state index contributed by atoms with van der Waals surface area (Å²) < 4.78 is 27.2. The minimum atomic E-state index is -0.625. The van der Waals surface area contributed by atoms with Crippen molar-refractivity contribution in [3.05, 3.63) is 63.1 Å². The monoisotopic (exact) mass is 345 g/mol. The van der Waals surface area contributed by atoms with E-state index in [1.165, 1.54) is 12.1 Å². The molecule has 2 aromatic carbocycles. The van der Waals surface area contributed by atoms with E-state index in [0.29, 0.717) is 5.02 Å². The van der Waals surface area contributed by atoms with Crippen LogP contribution in [0.3, 0.4) is 0 Å². The van der Waals surface area contributed by atoms with Gasteiger partial charge in [-0.2, -0.15) is 0 Å². The van der Waals surface area contributed by atoms with Gasteiger partial charge in [-0.25, -0.2) is 8.78 Å². The molecule has 0 aromatic heterocycles. The van der Waals surface area contributed by atoms with E-state index in [1.807, 2.05) is 19.1 Å². The number of nitrogens with one attached hydrogen (secondary N) is 1. The second-order valence-corrected chi connectivity index (χ2v) is 5.48. The van der Waals surface area contributed by atoms with Crippen LogP contribution < -0.4 is 5.32 Å². The highest BCUT2D eigenvalue weighted by Gasteiger charge is 2.12. The Balaban J connectivity index is 2.23. The largest absolute Gasteiger partial charge is 0.376 e. The minimum absolute atomic E-state index is 0.194. The molecule has 0 saturated carbocycles. The molecule has 0 heterocycles. The van der Waals surface area contributed by atoms with Crippen LogP contribution in [-0.2, 0) is 0 Å². The second-order valence-electron chi connectivity index (χ2n) is 4.16. The van der Waals surface area contributed by atoms with E-state index in [9.17, 15) is 8.78 Å². The highest BCUT2D eigenvalue weighted by Crippen LogP contribution is 2.29. The summed E-state index contributed by atoms with van der Waals surface area (Å²) in [5.41, 5.74) is 1.08. The lowest BCUT2D eigenvalue weighted by atomic mass is 10.1. The summed E-state index contributed by atoms with van der Waals surface area (Å²) in [6.07, 6.45) is 0. The summed E-state index contributed by atoms with van der Waals surface area (Å²) >= 11 is 9.46. The molecule has 1 N–H and O–H groups in total. The average Bonchev–Trinajstić information content (AvgIpc) is 2.32. The van der Waals surface area contributed by atoms with Gasteiger partial charge < -0.3 is 5.32 Å². The molecule has 0 aliphatic carbocycles. The topological polar surface area (TPSA) is 12.0 Å². The van der Waals surface area contributed by atoms with E-state index in [1.54, 1.807) is 6.07 Å². The molecular formula is C14H11BrClF2N. The molecule has 1 nitrogen and oxygen atoms in total. The third-order valence-electron chi connectivity index (χ3n) is 2.73. The second kappa shape index (κ2) is 5.88. The summed E-state index contributed by atoms with van der Waals surface area (Å²) in [4.78, 5) is 0. The Morgan fingerprint density at radius 2 is 1.89 bits per heavy atom. The van der Waals surface area contributed by atoms with Crippen LogP contribution >= 0.6 is 27.5 Å². The van der Waals surface area contributed by atoms with E-state index in [0.717, 1.165) is 16.1 Å². The van der Waals surface area contributed by atoms with Gasteiger partial charge >= 0.3 is 0 Å². The highest BCUT2D eigenvalue weighted by atomic mass is 79.9. The van der Waals surface area contributed by atoms with Crippen LogP contribution in [0.4, 0.5) is 14.5 Å². The Labute approximate surface area is 123 Å². The lowest BCUT2D eigenvalue weighted by Gasteiger charge is -2.17. The minimum Gasteiger partial charge on any atom is -0.376 e. The van der Waals surface area contributed by atoms with Crippen molar-refractivity contribution < 1.29 is 8.78 Å². The summed E-state index contributed by atoms with van der Waals surface area (Å²) in [5, 5.41) is 3.55. The van der Waals surface area contributed by atoms with Gasteiger partial charge in [0.05, 0.1) is 11.7 Å². The van der Waals surface area contributed by atoms with Gasteiger partial charge in [0, 0.05) is 15.6 Å². The first-order valence-corrected chi connectivity index (χ1v) is 6.81. The predicted molar refractivity (Wildman–Crippen MR) is 77.5 cm³/mol. The Morgan fingerprint density at radius 1 is 1.16 bits per heavy atom. The van der Waals surface area contributed by atoms with Crippen molar-refractivity contribution in [2.24, 2.45) is 0 Å². The fraction of sp³-hybridized carbons (Fsp3) is 0.143. The van der Waals surface area contributed by atoms with Crippen molar-refractivity contribution in [1.29, 1.82) is 0 Å². The molecule has 100 valence electrons. The molecule has 0 aliphatic rings. The summed E-state index contributed by atoms with van der Waals surface area (Å²) in [5.74, 6) is -1.22. The van der Waals surface area contributed by atoms with Crippen LogP contribution in [0.25, 0.3) is 0 Å². The quantitative estimate of drug-likeness (QED) is 0.768. The zero-order valence-corrected chi connectivity index (χ0v) is 12.4. The van der Waals surface area contributed by atoms with Crippen LogP contribution in [0, 0.1) is 11.6 Å². The molecule has 0 fully saturated rings. The molecule has 2 rings (SSSR count). The molecule has 1 unspecified atom stereocenters. The van der Waals surface area contributed by atoms with Crippen molar-refractivity contribution in [2.45, 2.75) is 13.0 Å². The van der Waals surface area contributed by atoms with Gasteiger partial charge in [-0.15, -0.1) is 0 Å². The molecule has 0 radical (unpaired) electrons. The van der Waals surface area contributed by atoms with E-state index in [-0.39, 0.29) is 11.7 Å². The van der Waals surface area contributed by atoms with Crippen molar-refractivity contribution in [1.82, 2.24) is 0 Å². The standard InChI is InChI=1S/C14H11BrClF2N/c1-8(11-4-2-9(15)6-12(11)16)19-14-5-3-10(17)7-13(14)18/h2-8,19H,1H3. The summed E-state index contributed by atoms with van der Waals surface area (Å²) in [7, 11) is 0. The van der Waals surface area contributed by atoms with Gasteiger partial charge in [-0.1, -0.05) is 33.6 Å². The molecule has 5 heteroatoms. The predicted octanol–water partition coefficient (Wildman–Crippen LogP) is 5.55. The summed E-state index contributed by atoms with van der Waals surface area (Å²) in [6.45, 7) is 1.86. The fourth-order valence-corrected chi connectivity index (χ4v) is 2.61. The number of rotatable bonds is 3. The number of benzene rings is 2. The van der Waals surface area contributed by atoms with Crippen molar-refractivity contribution in [2.75, 3.05) is 5.32 Å². The van der Waals surface area contributed by atoms with E-state index in [4.69, 9.17) is 11.6 Å². The smallest absolute Gasteiger partial charge is 0.149 e. The Bertz CT molecular complexity index is 604. The average molecular weight is 347 g/mol. The number of hydrogen-bond acceptors (Lipinski definition) is 1. The SMILES string of the molecule is CC(Nc1ccc(F)cc1F)c1ccc(Br)cc1Cl. The molecule has 19 heavy (non-hydrogen) atoms. The van der Waals surface area contributed by atoms with Crippen LogP contribution in [0.15, 0.2) is 40.9 Å². The molecule has 0 bridgehead atoms. The van der Waals surface area contributed by atoms with Gasteiger partial charge in [0.2, 0.25) is 0 Å². The first kappa shape index (κ1) is 14.3. The number of hydrogen-bond donors (Lipinski definition) is 1. The highest BCUT2D eigenvalue weighted by molar-refractivity contribution is 9.10. The van der Waals surface area contributed by atoms with Gasteiger partial charge in [-0.05, 0) is 36.8 Å². The molecule has 1 atom stereocenters. The number of halogens is 4. The van der Waals surface area contributed by atoms with E-state index >= 15 is 0 Å². The van der Waals surface area contributed by atoms with Crippen LogP contribution in [0.1, 0.15) is 18.5 Å². The van der Waals surface area contributed by atoms with E-state index in [2.05, 4.69) is 21.2 Å². The van der Waals surface area contributed by atoms with Crippen LogP contribution in [-0.4, -0.2) is 0 Å². The maximum atomic E-state index is 13.5. The van der Waals surface area contributed by atoms with Gasteiger partial charge in [0.25, 0.3) is 0 Å². The van der Waals surface area contributed by atoms with Crippen molar-refractivity contribution >= 4 is 33.2 Å². The maximum absolute atomic E-state index is 13.5. The number of anilines is 1. The van der Waals surface area contributed by atoms with E-state index < -0.39 is 11.6 Å². The first-order valence-electron chi connectivity index (χ1n) is 5.64. The molecule has 0 aliphatic heterocycles. The Hall–Kier alpha value is -1.13. The summed E-state index contributed by atoms with van der Waals surface area (Å²) in [6, 6.07) is 8.72. The normalized spacial score (nSPS) is 12.3. The van der Waals surface area contributed by atoms with Crippen molar-refractivity contribution in [3.8, 4) is 0 Å². The molecule has 0 saturated heterocycles. The fourth-order valence-electron chi connectivity index (χ4n) is 1.77. The Morgan fingerprint density at radius 3 is 2.53 bits per heavy atom. The maximum Gasteiger partial charge on any atom is 0.149 e. The Kier molecular flexibility index (Phi) is 4.42.